The number of piperazine rings is 1. The van der Waals surface area contributed by atoms with E-state index in [4.69, 9.17) is 0 Å². The topological polar surface area (TPSA) is 49.3 Å². The highest BCUT2D eigenvalue weighted by Gasteiger charge is 2.30. The Labute approximate surface area is 188 Å². The molecular formula is C23H21F3N4OS. The molecular weight excluding hydrogens is 437 g/mol. The second-order valence-corrected chi connectivity index (χ2v) is 8.34. The molecule has 1 saturated heterocycles. The molecule has 1 amide bonds. The molecule has 1 aromatic heterocycles. The van der Waals surface area contributed by atoms with Gasteiger partial charge in [0.25, 0.3) is 0 Å². The summed E-state index contributed by atoms with van der Waals surface area (Å²) in [5.74, 6) is 0.911. The molecule has 5 nitrogen and oxygen atoms in total. The molecule has 3 aromatic rings. The highest BCUT2D eigenvalue weighted by Crippen LogP contribution is 2.32. The van der Waals surface area contributed by atoms with Gasteiger partial charge < -0.3 is 9.80 Å². The first-order valence-corrected chi connectivity index (χ1v) is 11.1. The monoisotopic (exact) mass is 458 g/mol. The maximum absolute atomic E-state index is 13.0. The number of alkyl halides is 3. The van der Waals surface area contributed by atoms with Crippen molar-refractivity contribution in [1.29, 1.82) is 0 Å². The number of benzene rings is 2. The maximum atomic E-state index is 13.0. The largest absolute Gasteiger partial charge is 0.416 e. The highest BCUT2D eigenvalue weighted by atomic mass is 32.2. The normalized spacial score (nSPS) is 14.5. The Morgan fingerprint density at radius 1 is 0.969 bits per heavy atom. The smallest absolute Gasteiger partial charge is 0.338 e. The SMILES string of the molecule is O=C(CSc1ccccc1)N1CCN(c2nccc(-c3cccc(C(F)(F)F)c3)n2)CC1. The third kappa shape index (κ3) is 5.40. The molecule has 0 N–H and O–H groups in total. The van der Waals surface area contributed by atoms with Gasteiger partial charge in [0, 0.05) is 42.8 Å². The van der Waals surface area contributed by atoms with Crippen molar-refractivity contribution in [2.75, 3.05) is 36.8 Å². The summed E-state index contributed by atoms with van der Waals surface area (Å²) in [5.41, 5.74) is 0.102. The summed E-state index contributed by atoms with van der Waals surface area (Å²) in [5, 5.41) is 0. The van der Waals surface area contributed by atoms with Gasteiger partial charge in [-0.3, -0.25) is 4.79 Å². The lowest BCUT2D eigenvalue weighted by Crippen LogP contribution is -2.49. The van der Waals surface area contributed by atoms with Crippen LogP contribution in [0.25, 0.3) is 11.3 Å². The van der Waals surface area contributed by atoms with Gasteiger partial charge in [0.1, 0.15) is 0 Å². The zero-order valence-electron chi connectivity index (χ0n) is 17.1. The second-order valence-electron chi connectivity index (χ2n) is 7.29. The minimum Gasteiger partial charge on any atom is -0.338 e. The number of hydrogen-bond donors (Lipinski definition) is 0. The van der Waals surface area contributed by atoms with Crippen LogP contribution < -0.4 is 4.90 Å². The van der Waals surface area contributed by atoms with Crippen LogP contribution in [0.5, 0.6) is 0 Å². The average molecular weight is 459 g/mol. The van der Waals surface area contributed by atoms with Crippen LogP contribution >= 0.6 is 11.8 Å². The van der Waals surface area contributed by atoms with Gasteiger partial charge in [-0.1, -0.05) is 30.3 Å². The molecule has 0 atom stereocenters. The lowest BCUT2D eigenvalue weighted by Gasteiger charge is -2.34. The first kappa shape index (κ1) is 22.1. The molecule has 4 rings (SSSR count). The minimum atomic E-state index is -4.41. The van der Waals surface area contributed by atoms with Gasteiger partial charge in [-0.25, -0.2) is 9.97 Å². The Bertz CT molecular complexity index is 1070. The number of nitrogens with zero attached hydrogens (tertiary/aromatic N) is 4. The van der Waals surface area contributed by atoms with Crippen molar-refractivity contribution < 1.29 is 18.0 Å². The van der Waals surface area contributed by atoms with Crippen LogP contribution in [0, 0.1) is 0 Å². The van der Waals surface area contributed by atoms with E-state index in [1.165, 1.54) is 17.8 Å². The molecule has 0 bridgehead atoms. The summed E-state index contributed by atoms with van der Waals surface area (Å²) in [7, 11) is 0. The molecule has 0 saturated carbocycles. The Kier molecular flexibility index (Phi) is 6.64. The summed E-state index contributed by atoms with van der Waals surface area (Å²) >= 11 is 1.51. The van der Waals surface area contributed by atoms with E-state index < -0.39 is 11.7 Å². The molecule has 1 aliphatic heterocycles. The first-order chi connectivity index (χ1) is 15.4. The number of thioether (sulfide) groups is 1. The number of aromatic nitrogens is 2. The second kappa shape index (κ2) is 9.60. The van der Waals surface area contributed by atoms with Crippen molar-refractivity contribution in [3.05, 3.63) is 72.4 Å². The van der Waals surface area contributed by atoms with Gasteiger partial charge in [0.05, 0.1) is 17.0 Å². The van der Waals surface area contributed by atoms with Crippen molar-refractivity contribution in [2.24, 2.45) is 0 Å². The fraction of sp³-hybridized carbons (Fsp3) is 0.261. The van der Waals surface area contributed by atoms with E-state index in [2.05, 4.69) is 9.97 Å². The van der Waals surface area contributed by atoms with Crippen LogP contribution in [0.15, 0.2) is 71.8 Å². The van der Waals surface area contributed by atoms with E-state index in [1.807, 2.05) is 40.1 Å². The predicted molar refractivity (Wildman–Crippen MR) is 118 cm³/mol. The third-order valence-electron chi connectivity index (χ3n) is 5.15. The number of amides is 1. The van der Waals surface area contributed by atoms with Crippen molar-refractivity contribution in [3.8, 4) is 11.3 Å². The van der Waals surface area contributed by atoms with Crippen LogP contribution in [0.1, 0.15) is 5.56 Å². The van der Waals surface area contributed by atoms with Crippen molar-refractivity contribution in [1.82, 2.24) is 14.9 Å². The molecule has 0 radical (unpaired) electrons. The molecule has 0 spiro atoms. The fourth-order valence-corrected chi connectivity index (χ4v) is 4.25. The highest BCUT2D eigenvalue weighted by molar-refractivity contribution is 8.00. The standard InChI is InChI=1S/C23H21F3N4OS/c24-23(25,26)18-6-4-5-17(15-18)20-9-10-27-22(28-20)30-13-11-29(12-14-30)21(31)16-32-19-7-2-1-3-8-19/h1-10,15H,11-14,16H2. The van der Waals surface area contributed by atoms with Gasteiger partial charge in [-0.15, -0.1) is 11.8 Å². The van der Waals surface area contributed by atoms with E-state index in [-0.39, 0.29) is 5.91 Å². The fourth-order valence-electron chi connectivity index (χ4n) is 3.43. The molecule has 2 heterocycles. The van der Waals surface area contributed by atoms with E-state index in [0.717, 1.165) is 17.0 Å². The van der Waals surface area contributed by atoms with Crippen molar-refractivity contribution in [2.45, 2.75) is 11.1 Å². The average Bonchev–Trinajstić information content (AvgIpc) is 2.83. The number of rotatable bonds is 5. The van der Waals surface area contributed by atoms with E-state index in [1.54, 1.807) is 18.3 Å². The third-order valence-corrected chi connectivity index (χ3v) is 6.15. The van der Waals surface area contributed by atoms with Crippen LogP contribution in [0.4, 0.5) is 19.1 Å². The Hall–Kier alpha value is -3.07. The zero-order valence-corrected chi connectivity index (χ0v) is 17.9. The summed E-state index contributed by atoms with van der Waals surface area (Å²) in [4.78, 5) is 26.1. The minimum absolute atomic E-state index is 0.0807. The summed E-state index contributed by atoms with van der Waals surface area (Å²) < 4.78 is 39.1. The summed E-state index contributed by atoms with van der Waals surface area (Å²) in [6.45, 7) is 2.22. The molecule has 32 heavy (non-hydrogen) atoms. The molecule has 0 aliphatic carbocycles. The van der Waals surface area contributed by atoms with Gasteiger partial charge in [-0.2, -0.15) is 13.2 Å². The van der Waals surface area contributed by atoms with Gasteiger partial charge in [-0.05, 0) is 30.3 Å². The van der Waals surface area contributed by atoms with E-state index in [0.29, 0.717) is 49.1 Å². The number of halogens is 3. The van der Waals surface area contributed by atoms with Gasteiger partial charge >= 0.3 is 6.18 Å². The zero-order chi connectivity index (χ0) is 22.6. The number of carbonyl (C=O) groups is 1. The van der Waals surface area contributed by atoms with Crippen LogP contribution in [-0.2, 0) is 11.0 Å². The molecule has 1 aliphatic rings. The predicted octanol–water partition coefficient (Wildman–Crippen LogP) is 4.60. The molecule has 2 aromatic carbocycles. The summed E-state index contributed by atoms with van der Waals surface area (Å²) in [6.07, 6.45) is -2.86. The van der Waals surface area contributed by atoms with Crippen LogP contribution in [0.2, 0.25) is 0 Å². The molecule has 1 fully saturated rings. The number of carbonyl (C=O) groups excluding carboxylic acids is 1. The Morgan fingerprint density at radius 2 is 1.72 bits per heavy atom. The van der Waals surface area contributed by atoms with Gasteiger partial charge in [0.2, 0.25) is 11.9 Å². The molecule has 0 unspecified atom stereocenters. The summed E-state index contributed by atoms with van der Waals surface area (Å²) in [6, 6.07) is 16.5. The molecule has 166 valence electrons. The lowest BCUT2D eigenvalue weighted by molar-refractivity contribution is -0.137. The van der Waals surface area contributed by atoms with Crippen LogP contribution in [0.3, 0.4) is 0 Å². The van der Waals surface area contributed by atoms with Crippen molar-refractivity contribution >= 4 is 23.6 Å². The van der Waals surface area contributed by atoms with Crippen LogP contribution in [-0.4, -0.2) is 52.7 Å². The molecule has 9 heteroatoms. The van der Waals surface area contributed by atoms with Gasteiger partial charge in [0.15, 0.2) is 0 Å². The first-order valence-electron chi connectivity index (χ1n) is 10.1. The maximum Gasteiger partial charge on any atom is 0.416 e. The van der Waals surface area contributed by atoms with E-state index in [9.17, 15) is 18.0 Å². The van der Waals surface area contributed by atoms with E-state index >= 15 is 0 Å². The Balaban J connectivity index is 1.37. The number of hydrogen-bond acceptors (Lipinski definition) is 5. The quantitative estimate of drug-likeness (QED) is 0.523. The number of anilines is 1. The van der Waals surface area contributed by atoms with Crippen molar-refractivity contribution in [3.63, 3.8) is 0 Å². The Morgan fingerprint density at radius 3 is 2.44 bits per heavy atom. The lowest BCUT2D eigenvalue weighted by atomic mass is 10.1.